The SMILES string of the molecule is CCOC(=O)C1(C[C@H]2CCCCO2)CCN(C(=O)Nc2ccccc2CC)CC1. The van der Waals surface area contributed by atoms with Gasteiger partial charge in [0.2, 0.25) is 0 Å². The van der Waals surface area contributed by atoms with Crippen molar-refractivity contribution >= 4 is 17.7 Å². The number of esters is 1. The van der Waals surface area contributed by atoms with E-state index in [2.05, 4.69) is 12.2 Å². The molecule has 0 unspecified atom stereocenters. The summed E-state index contributed by atoms with van der Waals surface area (Å²) in [5, 5.41) is 3.04. The Morgan fingerprint density at radius 3 is 2.62 bits per heavy atom. The fourth-order valence-corrected chi connectivity index (χ4v) is 4.46. The molecule has 0 aromatic heterocycles. The van der Waals surface area contributed by atoms with Crippen LogP contribution in [0.1, 0.15) is 57.9 Å². The monoisotopic (exact) mass is 402 g/mol. The van der Waals surface area contributed by atoms with Crippen molar-refractivity contribution in [3.63, 3.8) is 0 Å². The van der Waals surface area contributed by atoms with Gasteiger partial charge in [-0.25, -0.2) is 4.79 Å². The maximum absolute atomic E-state index is 12.8. The Morgan fingerprint density at radius 1 is 1.21 bits per heavy atom. The van der Waals surface area contributed by atoms with Crippen molar-refractivity contribution in [1.29, 1.82) is 0 Å². The number of nitrogens with one attached hydrogen (secondary N) is 1. The van der Waals surface area contributed by atoms with Crippen LogP contribution in [0.2, 0.25) is 0 Å². The van der Waals surface area contributed by atoms with Crippen LogP contribution in [0.25, 0.3) is 0 Å². The maximum Gasteiger partial charge on any atom is 0.321 e. The molecule has 29 heavy (non-hydrogen) atoms. The van der Waals surface area contributed by atoms with Crippen LogP contribution in [-0.2, 0) is 20.7 Å². The summed E-state index contributed by atoms with van der Waals surface area (Å²) in [6, 6.07) is 7.78. The van der Waals surface area contributed by atoms with E-state index in [0.29, 0.717) is 39.0 Å². The number of aryl methyl sites for hydroxylation is 1. The number of urea groups is 1. The van der Waals surface area contributed by atoms with Crippen molar-refractivity contribution in [2.45, 2.75) is 64.9 Å². The van der Waals surface area contributed by atoms with E-state index >= 15 is 0 Å². The summed E-state index contributed by atoms with van der Waals surface area (Å²) in [6.45, 7) is 6.17. The van der Waals surface area contributed by atoms with E-state index in [-0.39, 0.29) is 18.1 Å². The summed E-state index contributed by atoms with van der Waals surface area (Å²) in [5.74, 6) is -0.134. The standard InChI is InChI=1S/C23H34N2O4/c1-3-18-9-5-6-11-20(18)24-22(27)25-14-12-23(13-15-25,21(26)28-4-2)17-19-10-7-8-16-29-19/h5-6,9,11,19H,3-4,7-8,10,12-17H2,1-2H3,(H,24,27)/t19-/m1/s1. The first-order valence-corrected chi connectivity index (χ1v) is 11.0. The van der Waals surface area contributed by atoms with Crippen molar-refractivity contribution in [2.75, 3.05) is 31.6 Å². The Balaban J connectivity index is 1.64. The highest BCUT2D eigenvalue weighted by Gasteiger charge is 2.45. The van der Waals surface area contributed by atoms with Crippen molar-refractivity contribution < 1.29 is 19.1 Å². The van der Waals surface area contributed by atoms with Gasteiger partial charge < -0.3 is 19.7 Å². The highest BCUT2D eigenvalue weighted by atomic mass is 16.5. The summed E-state index contributed by atoms with van der Waals surface area (Å²) >= 11 is 0. The number of para-hydroxylation sites is 1. The minimum absolute atomic E-state index is 0.0997. The topological polar surface area (TPSA) is 67.9 Å². The number of anilines is 1. The number of hydrogen-bond donors (Lipinski definition) is 1. The minimum atomic E-state index is -0.546. The van der Waals surface area contributed by atoms with E-state index in [4.69, 9.17) is 9.47 Å². The molecular weight excluding hydrogens is 368 g/mol. The minimum Gasteiger partial charge on any atom is -0.466 e. The van der Waals surface area contributed by atoms with Gasteiger partial charge in [0.05, 0.1) is 18.1 Å². The molecule has 6 heteroatoms. The predicted molar refractivity (Wildman–Crippen MR) is 113 cm³/mol. The third-order valence-corrected chi connectivity index (χ3v) is 6.25. The zero-order chi connectivity index (χ0) is 20.7. The number of benzene rings is 1. The molecule has 2 heterocycles. The fourth-order valence-electron chi connectivity index (χ4n) is 4.46. The molecule has 0 radical (unpaired) electrons. The van der Waals surface area contributed by atoms with Gasteiger partial charge in [0.25, 0.3) is 0 Å². The molecule has 1 aromatic carbocycles. The quantitative estimate of drug-likeness (QED) is 0.717. The molecule has 1 N–H and O–H groups in total. The van der Waals surface area contributed by atoms with E-state index in [0.717, 1.165) is 43.5 Å². The van der Waals surface area contributed by atoms with E-state index in [1.165, 1.54) is 0 Å². The van der Waals surface area contributed by atoms with Crippen LogP contribution in [0, 0.1) is 5.41 Å². The van der Waals surface area contributed by atoms with E-state index in [1.54, 1.807) is 0 Å². The van der Waals surface area contributed by atoms with Crippen LogP contribution in [0.3, 0.4) is 0 Å². The number of amides is 2. The van der Waals surface area contributed by atoms with E-state index in [1.807, 2.05) is 36.1 Å². The van der Waals surface area contributed by atoms with Crippen molar-refractivity contribution in [3.05, 3.63) is 29.8 Å². The summed E-state index contributed by atoms with van der Waals surface area (Å²) < 4.78 is 11.3. The second kappa shape index (κ2) is 10.1. The number of likely N-dealkylation sites (tertiary alicyclic amines) is 1. The third-order valence-electron chi connectivity index (χ3n) is 6.25. The normalized spacial score (nSPS) is 21.4. The first-order valence-electron chi connectivity index (χ1n) is 11.0. The van der Waals surface area contributed by atoms with Crippen LogP contribution in [0.4, 0.5) is 10.5 Å². The second-order valence-electron chi connectivity index (χ2n) is 8.12. The summed E-state index contributed by atoms with van der Waals surface area (Å²) in [4.78, 5) is 27.5. The lowest BCUT2D eigenvalue weighted by Gasteiger charge is -2.42. The molecule has 1 aromatic rings. The molecule has 0 bridgehead atoms. The molecule has 2 aliphatic rings. The van der Waals surface area contributed by atoms with E-state index < -0.39 is 5.41 Å². The number of ether oxygens (including phenoxy) is 2. The summed E-state index contributed by atoms with van der Waals surface area (Å²) in [7, 11) is 0. The number of piperidine rings is 1. The van der Waals surface area contributed by atoms with E-state index in [9.17, 15) is 9.59 Å². The number of rotatable bonds is 6. The largest absolute Gasteiger partial charge is 0.466 e. The highest BCUT2D eigenvalue weighted by molar-refractivity contribution is 5.90. The zero-order valence-electron chi connectivity index (χ0n) is 17.7. The van der Waals surface area contributed by atoms with Gasteiger partial charge in [-0.15, -0.1) is 0 Å². The number of hydrogen-bond acceptors (Lipinski definition) is 4. The van der Waals surface area contributed by atoms with Gasteiger partial charge in [0, 0.05) is 25.4 Å². The Bertz CT molecular complexity index is 692. The molecule has 2 saturated heterocycles. The van der Waals surface area contributed by atoms with Gasteiger partial charge >= 0.3 is 12.0 Å². The van der Waals surface area contributed by atoms with Gasteiger partial charge in [0.1, 0.15) is 0 Å². The highest BCUT2D eigenvalue weighted by Crippen LogP contribution is 2.40. The summed E-state index contributed by atoms with van der Waals surface area (Å²) in [6.07, 6.45) is 6.15. The van der Waals surface area contributed by atoms with Gasteiger partial charge in [-0.2, -0.15) is 0 Å². The predicted octanol–water partition coefficient (Wildman–Crippen LogP) is 4.39. The van der Waals surface area contributed by atoms with Crippen LogP contribution >= 0.6 is 0 Å². The lowest BCUT2D eigenvalue weighted by Crippen LogP contribution is -2.50. The smallest absolute Gasteiger partial charge is 0.321 e. The van der Waals surface area contributed by atoms with Crippen molar-refractivity contribution in [1.82, 2.24) is 4.90 Å². The number of carbonyl (C=O) groups excluding carboxylic acids is 2. The molecule has 2 aliphatic heterocycles. The maximum atomic E-state index is 12.8. The molecule has 6 nitrogen and oxygen atoms in total. The van der Waals surface area contributed by atoms with Gasteiger partial charge in [-0.1, -0.05) is 25.1 Å². The lowest BCUT2D eigenvalue weighted by atomic mass is 9.73. The molecule has 0 saturated carbocycles. The molecule has 2 fully saturated rings. The first kappa shape index (κ1) is 21.6. The van der Waals surface area contributed by atoms with Gasteiger partial charge in [-0.3, -0.25) is 4.79 Å². The fraction of sp³-hybridized carbons (Fsp3) is 0.652. The number of nitrogens with zero attached hydrogens (tertiary/aromatic N) is 1. The first-order chi connectivity index (χ1) is 14.1. The Labute approximate surface area is 173 Å². The Hall–Kier alpha value is -2.08. The van der Waals surface area contributed by atoms with Crippen molar-refractivity contribution in [2.24, 2.45) is 5.41 Å². The zero-order valence-corrected chi connectivity index (χ0v) is 17.7. The molecule has 2 amide bonds. The average molecular weight is 403 g/mol. The second-order valence-corrected chi connectivity index (χ2v) is 8.12. The van der Waals surface area contributed by atoms with Crippen LogP contribution < -0.4 is 5.32 Å². The summed E-state index contributed by atoms with van der Waals surface area (Å²) in [5.41, 5.74) is 1.43. The Morgan fingerprint density at radius 2 is 1.97 bits per heavy atom. The molecule has 160 valence electrons. The molecular formula is C23H34N2O4. The Kier molecular flexibility index (Phi) is 7.53. The van der Waals surface area contributed by atoms with Crippen molar-refractivity contribution in [3.8, 4) is 0 Å². The van der Waals surface area contributed by atoms with Gasteiger partial charge in [-0.05, 0) is 63.5 Å². The molecule has 3 rings (SSSR count). The lowest BCUT2D eigenvalue weighted by molar-refractivity contribution is -0.162. The average Bonchev–Trinajstić information content (AvgIpc) is 2.75. The molecule has 1 atom stereocenters. The van der Waals surface area contributed by atoms with Crippen LogP contribution in [-0.4, -0.2) is 49.3 Å². The van der Waals surface area contributed by atoms with Crippen LogP contribution in [0.15, 0.2) is 24.3 Å². The molecule has 0 aliphatic carbocycles. The molecule has 0 spiro atoms. The van der Waals surface area contributed by atoms with Gasteiger partial charge in [0.15, 0.2) is 0 Å². The number of carbonyl (C=O) groups is 2. The van der Waals surface area contributed by atoms with Crippen LogP contribution in [0.5, 0.6) is 0 Å². The third kappa shape index (κ3) is 5.30.